The number of hydrogen-bond acceptors (Lipinski definition) is 3. The number of nitrogens with zero attached hydrogens (tertiary/aromatic N) is 1. The minimum Gasteiger partial charge on any atom is -0.395 e. The first-order valence-electron chi connectivity index (χ1n) is 10.8. The van der Waals surface area contributed by atoms with Crippen LogP contribution in [0.15, 0.2) is 24.6 Å². The van der Waals surface area contributed by atoms with Crippen molar-refractivity contribution in [1.29, 1.82) is 0 Å². The first kappa shape index (κ1) is 22.1. The standard InChI is InChI=1S/C22H42N2O/c1-2-3-4-5-6-7-8-9-10-11-12-13-14-15-16-17-22-23-18-19-24(22)20-21-25/h11-12,18-19,22-23,25H,2-10,13-17,20-21H2,1H3/b12-11+. The van der Waals surface area contributed by atoms with E-state index >= 15 is 0 Å². The Morgan fingerprint density at radius 1 is 0.880 bits per heavy atom. The van der Waals surface area contributed by atoms with E-state index in [-0.39, 0.29) is 6.61 Å². The zero-order valence-corrected chi connectivity index (χ0v) is 16.6. The Balaban J connectivity index is 1.81. The molecule has 146 valence electrons. The van der Waals surface area contributed by atoms with Gasteiger partial charge >= 0.3 is 0 Å². The van der Waals surface area contributed by atoms with Crippen LogP contribution in [-0.4, -0.2) is 29.3 Å². The average molecular weight is 351 g/mol. The summed E-state index contributed by atoms with van der Waals surface area (Å²) >= 11 is 0. The third-order valence-corrected chi connectivity index (χ3v) is 5.05. The largest absolute Gasteiger partial charge is 0.395 e. The van der Waals surface area contributed by atoms with Crippen LogP contribution >= 0.6 is 0 Å². The van der Waals surface area contributed by atoms with Crippen molar-refractivity contribution >= 4 is 0 Å². The van der Waals surface area contributed by atoms with Crippen molar-refractivity contribution < 1.29 is 5.11 Å². The second kappa shape index (κ2) is 16.5. The van der Waals surface area contributed by atoms with E-state index in [1.54, 1.807) is 0 Å². The van der Waals surface area contributed by atoms with Gasteiger partial charge in [0.15, 0.2) is 0 Å². The van der Waals surface area contributed by atoms with Gasteiger partial charge in [-0.05, 0) is 38.5 Å². The lowest BCUT2D eigenvalue weighted by Crippen LogP contribution is -2.36. The molecule has 0 bridgehead atoms. The molecule has 1 atom stereocenters. The molecule has 0 amide bonds. The van der Waals surface area contributed by atoms with E-state index in [1.807, 2.05) is 6.20 Å². The second-order valence-corrected chi connectivity index (χ2v) is 7.33. The van der Waals surface area contributed by atoms with E-state index in [0.717, 1.165) is 13.0 Å². The molecule has 0 aromatic rings. The highest BCUT2D eigenvalue weighted by molar-refractivity contribution is 4.93. The maximum atomic E-state index is 9.04. The molecule has 2 N–H and O–H groups in total. The van der Waals surface area contributed by atoms with Crippen molar-refractivity contribution in [2.75, 3.05) is 13.2 Å². The summed E-state index contributed by atoms with van der Waals surface area (Å²) in [7, 11) is 0. The van der Waals surface area contributed by atoms with E-state index in [2.05, 4.69) is 35.5 Å². The van der Waals surface area contributed by atoms with Gasteiger partial charge in [-0.3, -0.25) is 0 Å². The average Bonchev–Trinajstić information content (AvgIpc) is 3.06. The molecule has 1 aliphatic heterocycles. The highest BCUT2D eigenvalue weighted by Gasteiger charge is 2.16. The van der Waals surface area contributed by atoms with Gasteiger partial charge in [-0.25, -0.2) is 0 Å². The lowest BCUT2D eigenvalue weighted by Gasteiger charge is -2.24. The van der Waals surface area contributed by atoms with Crippen LogP contribution in [-0.2, 0) is 0 Å². The van der Waals surface area contributed by atoms with E-state index < -0.39 is 0 Å². The number of hydrogen-bond donors (Lipinski definition) is 2. The smallest absolute Gasteiger partial charge is 0.0982 e. The third-order valence-electron chi connectivity index (χ3n) is 5.05. The summed E-state index contributed by atoms with van der Waals surface area (Å²) in [5, 5.41) is 12.4. The van der Waals surface area contributed by atoms with Crippen LogP contribution in [0.25, 0.3) is 0 Å². The summed E-state index contributed by atoms with van der Waals surface area (Å²) in [4.78, 5) is 2.20. The second-order valence-electron chi connectivity index (χ2n) is 7.33. The van der Waals surface area contributed by atoms with Crippen LogP contribution in [0.2, 0.25) is 0 Å². The Kier molecular flexibility index (Phi) is 14.6. The summed E-state index contributed by atoms with van der Waals surface area (Å²) in [5.41, 5.74) is 0. The summed E-state index contributed by atoms with van der Waals surface area (Å²) in [5.74, 6) is 0. The van der Waals surface area contributed by atoms with Crippen molar-refractivity contribution in [3.63, 3.8) is 0 Å². The molecule has 1 rings (SSSR count). The monoisotopic (exact) mass is 350 g/mol. The first-order valence-corrected chi connectivity index (χ1v) is 10.8. The maximum absolute atomic E-state index is 9.04. The number of aliphatic hydroxyl groups is 1. The van der Waals surface area contributed by atoms with Crippen LogP contribution in [0.1, 0.15) is 96.8 Å². The molecule has 1 unspecified atom stereocenters. The lowest BCUT2D eigenvalue weighted by atomic mass is 10.1. The van der Waals surface area contributed by atoms with Crippen LogP contribution in [0.4, 0.5) is 0 Å². The molecular formula is C22H42N2O. The van der Waals surface area contributed by atoms with Crippen LogP contribution in [0.3, 0.4) is 0 Å². The van der Waals surface area contributed by atoms with Gasteiger partial charge in [0.2, 0.25) is 0 Å². The first-order chi connectivity index (χ1) is 12.4. The fraction of sp³-hybridized carbons (Fsp3) is 0.818. The number of nitrogens with one attached hydrogen (secondary N) is 1. The Morgan fingerprint density at radius 3 is 2.12 bits per heavy atom. The third kappa shape index (κ3) is 12.1. The predicted octanol–water partition coefficient (Wildman–Crippen LogP) is 5.72. The molecule has 0 aromatic heterocycles. The van der Waals surface area contributed by atoms with Crippen molar-refractivity contribution in [2.45, 2.75) is 103 Å². The Bertz CT molecular complexity index is 341. The molecule has 0 spiro atoms. The van der Waals surface area contributed by atoms with Crippen molar-refractivity contribution in [3.05, 3.63) is 24.6 Å². The molecule has 0 radical (unpaired) electrons. The van der Waals surface area contributed by atoms with Crippen molar-refractivity contribution in [1.82, 2.24) is 10.2 Å². The molecule has 0 fully saturated rings. The van der Waals surface area contributed by atoms with Crippen LogP contribution < -0.4 is 5.32 Å². The van der Waals surface area contributed by atoms with Gasteiger partial charge in [-0.2, -0.15) is 0 Å². The highest BCUT2D eigenvalue weighted by atomic mass is 16.3. The van der Waals surface area contributed by atoms with Gasteiger partial charge in [0.1, 0.15) is 0 Å². The normalized spacial score (nSPS) is 16.9. The quantitative estimate of drug-likeness (QED) is 0.260. The van der Waals surface area contributed by atoms with E-state index in [4.69, 9.17) is 5.11 Å². The molecule has 1 heterocycles. The van der Waals surface area contributed by atoms with E-state index in [9.17, 15) is 0 Å². The van der Waals surface area contributed by atoms with Crippen LogP contribution in [0, 0.1) is 0 Å². The zero-order chi connectivity index (χ0) is 18.0. The fourth-order valence-corrected chi connectivity index (χ4v) is 3.45. The van der Waals surface area contributed by atoms with Crippen LogP contribution in [0.5, 0.6) is 0 Å². The molecule has 3 nitrogen and oxygen atoms in total. The minimum atomic E-state index is 0.228. The number of rotatable bonds is 17. The summed E-state index contributed by atoms with van der Waals surface area (Å²) in [6.07, 6.45) is 28.0. The number of unbranched alkanes of at least 4 members (excludes halogenated alkanes) is 11. The SMILES string of the molecule is CCCCCCCCCC/C=C/CCCCCC1NC=CN1CCO. The molecule has 3 heteroatoms. The van der Waals surface area contributed by atoms with Gasteiger partial charge in [0.25, 0.3) is 0 Å². The van der Waals surface area contributed by atoms with Gasteiger partial charge in [-0.15, -0.1) is 0 Å². The maximum Gasteiger partial charge on any atom is 0.0982 e. The van der Waals surface area contributed by atoms with Gasteiger partial charge in [0.05, 0.1) is 12.8 Å². The fourth-order valence-electron chi connectivity index (χ4n) is 3.45. The predicted molar refractivity (Wildman–Crippen MR) is 109 cm³/mol. The molecule has 0 aromatic carbocycles. The molecule has 0 saturated heterocycles. The number of aliphatic hydroxyl groups excluding tert-OH is 1. The molecule has 25 heavy (non-hydrogen) atoms. The van der Waals surface area contributed by atoms with Gasteiger partial charge in [-0.1, -0.05) is 70.4 Å². The zero-order valence-electron chi connectivity index (χ0n) is 16.6. The Morgan fingerprint density at radius 2 is 1.48 bits per heavy atom. The minimum absolute atomic E-state index is 0.228. The molecule has 1 aliphatic rings. The van der Waals surface area contributed by atoms with E-state index in [0.29, 0.717) is 6.17 Å². The van der Waals surface area contributed by atoms with Gasteiger partial charge < -0.3 is 15.3 Å². The summed E-state index contributed by atoms with van der Waals surface area (Å²) in [6.45, 7) is 3.24. The Labute approximate surface area is 156 Å². The Hall–Kier alpha value is -0.960. The molecule has 0 saturated carbocycles. The van der Waals surface area contributed by atoms with Gasteiger partial charge in [0, 0.05) is 18.9 Å². The summed E-state index contributed by atoms with van der Waals surface area (Å²) < 4.78 is 0. The molecular weight excluding hydrogens is 308 g/mol. The highest BCUT2D eigenvalue weighted by Crippen LogP contribution is 2.13. The lowest BCUT2D eigenvalue weighted by molar-refractivity contribution is 0.194. The number of allylic oxidation sites excluding steroid dienone is 2. The van der Waals surface area contributed by atoms with Crippen molar-refractivity contribution in [3.8, 4) is 0 Å². The molecule has 0 aliphatic carbocycles. The van der Waals surface area contributed by atoms with Crippen molar-refractivity contribution in [2.24, 2.45) is 0 Å². The topological polar surface area (TPSA) is 35.5 Å². The number of β-amino-alcohol motifs (C(OH)–C–C–N with tert-alkyl or cyclic N) is 1. The van der Waals surface area contributed by atoms with E-state index in [1.165, 1.54) is 83.5 Å². The summed E-state index contributed by atoms with van der Waals surface area (Å²) in [6, 6.07) is 0.